The van der Waals surface area contributed by atoms with Crippen LogP contribution in [0.25, 0.3) is 0 Å². The minimum atomic E-state index is -0.844. The predicted octanol–water partition coefficient (Wildman–Crippen LogP) is 1.00. The molecule has 88 valence electrons. The van der Waals surface area contributed by atoms with Crippen molar-refractivity contribution in [1.29, 1.82) is 0 Å². The molecule has 0 saturated heterocycles. The third-order valence-electron chi connectivity index (χ3n) is 3.10. The molecule has 1 saturated carbocycles. The molecule has 1 aliphatic carbocycles. The number of nitrogens with zero attached hydrogens (tertiary/aromatic N) is 2. The summed E-state index contributed by atoms with van der Waals surface area (Å²) in [4.78, 5) is 15.5. The van der Waals surface area contributed by atoms with Crippen LogP contribution in [0.3, 0.4) is 0 Å². The Kier molecular flexibility index (Phi) is 3.46. The summed E-state index contributed by atoms with van der Waals surface area (Å²) in [7, 11) is 0. The third-order valence-corrected chi connectivity index (χ3v) is 5.99. The Morgan fingerprint density at radius 1 is 1.62 bits per heavy atom. The molecular weight excluding hydrogens is 434 g/mol. The first-order chi connectivity index (χ1) is 7.44. The number of aromatic nitrogens is 2. The molecule has 1 aromatic heterocycles. The lowest BCUT2D eigenvalue weighted by atomic mass is 9.98. The molecule has 0 bridgehead atoms. The number of rotatable bonds is 2. The zero-order valence-electron chi connectivity index (χ0n) is 8.49. The van der Waals surface area contributed by atoms with Gasteiger partial charge in [0.15, 0.2) is 0 Å². The SMILES string of the molecule is NC(=O)C1(N)CCC(n2cnc(I)c2I)C1. The first-order valence-electron chi connectivity index (χ1n) is 4.90. The molecule has 1 aliphatic rings. The van der Waals surface area contributed by atoms with Gasteiger partial charge >= 0.3 is 0 Å². The first kappa shape index (κ1) is 12.6. The Hall–Kier alpha value is 0.100. The maximum absolute atomic E-state index is 11.3. The van der Waals surface area contributed by atoms with Gasteiger partial charge in [0.1, 0.15) is 7.40 Å². The van der Waals surface area contributed by atoms with Gasteiger partial charge in [0, 0.05) is 6.04 Å². The smallest absolute Gasteiger partial charge is 0.237 e. The zero-order valence-corrected chi connectivity index (χ0v) is 12.8. The summed E-state index contributed by atoms with van der Waals surface area (Å²) in [5.41, 5.74) is 10.5. The summed E-state index contributed by atoms with van der Waals surface area (Å²) in [5, 5.41) is 0. The Balaban J connectivity index is 2.21. The van der Waals surface area contributed by atoms with Crippen LogP contribution in [0, 0.1) is 7.40 Å². The normalized spacial score (nSPS) is 29.6. The van der Waals surface area contributed by atoms with E-state index in [-0.39, 0.29) is 6.04 Å². The molecule has 0 aromatic carbocycles. The van der Waals surface area contributed by atoms with Crippen LogP contribution < -0.4 is 11.5 Å². The van der Waals surface area contributed by atoms with Crippen LogP contribution in [0.2, 0.25) is 0 Å². The summed E-state index contributed by atoms with van der Waals surface area (Å²) in [5.74, 6) is -0.403. The van der Waals surface area contributed by atoms with Crippen molar-refractivity contribution >= 4 is 51.1 Å². The topological polar surface area (TPSA) is 86.9 Å². The molecule has 16 heavy (non-hydrogen) atoms. The highest BCUT2D eigenvalue weighted by atomic mass is 127. The van der Waals surface area contributed by atoms with Crippen LogP contribution in [-0.2, 0) is 4.79 Å². The van der Waals surface area contributed by atoms with E-state index in [2.05, 4.69) is 54.7 Å². The predicted molar refractivity (Wildman–Crippen MR) is 76.7 cm³/mol. The number of amides is 1. The van der Waals surface area contributed by atoms with Crippen molar-refractivity contribution in [3.05, 3.63) is 13.7 Å². The fraction of sp³-hybridized carbons (Fsp3) is 0.556. The van der Waals surface area contributed by atoms with Crippen molar-refractivity contribution in [1.82, 2.24) is 9.55 Å². The molecule has 1 heterocycles. The van der Waals surface area contributed by atoms with Crippen LogP contribution in [0.4, 0.5) is 0 Å². The molecular formula is C9H12I2N4O. The second-order valence-corrected chi connectivity index (χ2v) is 6.19. The maximum Gasteiger partial charge on any atom is 0.237 e. The van der Waals surface area contributed by atoms with Crippen LogP contribution in [0.5, 0.6) is 0 Å². The van der Waals surface area contributed by atoms with Crippen LogP contribution in [0.15, 0.2) is 6.33 Å². The Morgan fingerprint density at radius 2 is 2.31 bits per heavy atom. The molecule has 7 heteroatoms. The molecule has 2 unspecified atom stereocenters. The van der Waals surface area contributed by atoms with Crippen LogP contribution >= 0.6 is 45.2 Å². The zero-order chi connectivity index (χ0) is 11.9. The standard InChI is InChI=1S/C9H12I2N4O/c10-6-7(11)15(4-14-6)5-1-2-9(13,3-5)8(12)16/h4-5H,1-3,13H2,(H2,12,16). The second kappa shape index (κ2) is 4.41. The fourth-order valence-electron chi connectivity index (χ4n) is 2.09. The molecule has 1 fully saturated rings. The Bertz CT molecular complexity index is 433. The third kappa shape index (κ3) is 2.08. The molecule has 2 rings (SSSR count). The van der Waals surface area contributed by atoms with E-state index in [1.165, 1.54) is 0 Å². The van der Waals surface area contributed by atoms with Gasteiger partial charge in [-0.3, -0.25) is 4.79 Å². The van der Waals surface area contributed by atoms with E-state index in [9.17, 15) is 4.79 Å². The van der Waals surface area contributed by atoms with Gasteiger partial charge < -0.3 is 16.0 Å². The number of carbonyl (C=O) groups is 1. The molecule has 0 aliphatic heterocycles. The van der Waals surface area contributed by atoms with E-state index in [0.717, 1.165) is 13.8 Å². The first-order valence-corrected chi connectivity index (χ1v) is 7.06. The van der Waals surface area contributed by atoms with E-state index in [0.29, 0.717) is 12.8 Å². The van der Waals surface area contributed by atoms with Gasteiger partial charge in [0.05, 0.1) is 11.9 Å². The summed E-state index contributed by atoms with van der Waals surface area (Å²) in [6, 6.07) is 0.236. The highest BCUT2D eigenvalue weighted by molar-refractivity contribution is 14.1. The summed E-state index contributed by atoms with van der Waals surface area (Å²) < 4.78 is 4.16. The lowest BCUT2D eigenvalue weighted by Gasteiger charge is -2.20. The average molecular weight is 446 g/mol. The number of nitrogens with two attached hydrogens (primary N) is 2. The molecule has 0 radical (unpaired) electrons. The van der Waals surface area contributed by atoms with Crippen molar-refractivity contribution in [3.63, 3.8) is 0 Å². The fourth-order valence-corrected chi connectivity index (χ4v) is 3.15. The molecule has 4 N–H and O–H groups in total. The number of carbonyl (C=O) groups excluding carboxylic acids is 1. The van der Waals surface area contributed by atoms with Gasteiger partial charge in [-0.05, 0) is 64.4 Å². The molecule has 5 nitrogen and oxygen atoms in total. The van der Waals surface area contributed by atoms with Gasteiger partial charge in [-0.2, -0.15) is 0 Å². The highest BCUT2D eigenvalue weighted by Crippen LogP contribution is 2.37. The van der Waals surface area contributed by atoms with Gasteiger partial charge in [-0.15, -0.1) is 0 Å². The lowest BCUT2D eigenvalue weighted by Crippen LogP contribution is -2.49. The van der Waals surface area contributed by atoms with E-state index in [1.807, 2.05) is 0 Å². The Morgan fingerprint density at radius 3 is 2.75 bits per heavy atom. The number of hydrogen-bond acceptors (Lipinski definition) is 3. The monoisotopic (exact) mass is 446 g/mol. The van der Waals surface area contributed by atoms with Gasteiger partial charge in [0.2, 0.25) is 5.91 Å². The lowest BCUT2D eigenvalue weighted by molar-refractivity contribution is -0.123. The Labute approximate surface area is 121 Å². The largest absolute Gasteiger partial charge is 0.368 e. The number of halogens is 2. The van der Waals surface area contributed by atoms with Crippen molar-refractivity contribution in [2.45, 2.75) is 30.8 Å². The van der Waals surface area contributed by atoms with Crippen LogP contribution in [0.1, 0.15) is 25.3 Å². The van der Waals surface area contributed by atoms with Gasteiger partial charge in [-0.1, -0.05) is 0 Å². The molecule has 1 aromatic rings. The summed E-state index contributed by atoms with van der Waals surface area (Å²) in [6.07, 6.45) is 3.94. The van der Waals surface area contributed by atoms with Crippen molar-refractivity contribution in [2.75, 3.05) is 0 Å². The van der Waals surface area contributed by atoms with E-state index < -0.39 is 11.4 Å². The average Bonchev–Trinajstić information content (AvgIpc) is 2.74. The summed E-state index contributed by atoms with van der Waals surface area (Å²) >= 11 is 4.45. The van der Waals surface area contributed by atoms with E-state index in [4.69, 9.17) is 11.5 Å². The minimum absolute atomic E-state index is 0.236. The van der Waals surface area contributed by atoms with Crippen molar-refractivity contribution in [3.8, 4) is 0 Å². The highest BCUT2D eigenvalue weighted by Gasteiger charge is 2.41. The second-order valence-electron chi connectivity index (χ2n) is 4.15. The van der Waals surface area contributed by atoms with Crippen molar-refractivity contribution in [2.24, 2.45) is 11.5 Å². The quantitative estimate of drug-likeness (QED) is 0.666. The van der Waals surface area contributed by atoms with E-state index >= 15 is 0 Å². The van der Waals surface area contributed by atoms with Gasteiger partial charge in [0.25, 0.3) is 0 Å². The van der Waals surface area contributed by atoms with E-state index in [1.54, 1.807) is 6.33 Å². The maximum atomic E-state index is 11.3. The van der Waals surface area contributed by atoms with Crippen molar-refractivity contribution < 1.29 is 4.79 Å². The summed E-state index contributed by atoms with van der Waals surface area (Å²) in [6.45, 7) is 0. The van der Waals surface area contributed by atoms with Gasteiger partial charge in [-0.25, -0.2) is 4.98 Å². The minimum Gasteiger partial charge on any atom is -0.368 e. The number of hydrogen-bond donors (Lipinski definition) is 2. The number of imidazole rings is 1. The molecule has 1 amide bonds. The van der Waals surface area contributed by atoms with Crippen LogP contribution in [-0.4, -0.2) is 21.0 Å². The number of primary amides is 1. The molecule has 2 atom stereocenters. The molecule has 0 spiro atoms.